The number of halogens is 1. The smallest absolute Gasteiger partial charge is 0.305 e. The molecule has 1 aromatic carbocycles. The number of carboxylic acids is 1. The maximum atomic E-state index is 10.6. The van der Waals surface area contributed by atoms with Crippen LogP contribution in [0.2, 0.25) is 0 Å². The second-order valence-corrected chi connectivity index (χ2v) is 5.15. The van der Waals surface area contributed by atoms with Crippen LogP contribution in [0.4, 0.5) is 0 Å². The van der Waals surface area contributed by atoms with Crippen LogP contribution in [0.3, 0.4) is 0 Å². The van der Waals surface area contributed by atoms with Crippen LogP contribution < -0.4 is 5.73 Å². The molecule has 4 N–H and O–H groups in total. The van der Waals surface area contributed by atoms with E-state index < -0.39 is 12.0 Å². The van der Waals surface area contributed by atoms with Gasteiger partial charge < -0.3 is 15.9 Å². The third kappa shape index (κ3) is 3.44. The molecule has 0 radical (unpaired) electrons. The van der Waals surface area contributed by atoms with E-state index in [4.69, 9.17) is 10.8 Å². The summed E-state index contributed by atoms with van der Waals surface area (Å²) in [5.74, 6) is -0.674. The number of carbonyl (C=O) groups is 1. The molecule has 0 spiro atoms. The van der Waals surface area contributed by atoms with E-state index in [0.29, 0.717) is 5.56 Å². The predicted octanol–water partition coefficient (Wildman–Crippen LogP) is 2.75. The third-order valence-electron chi connectivity index (χ3n) is 2.56. The molecule has 17 heavy (non-hydrogen) atoms. The van der Waals surface area contributed by atoms with Crippen molar-refractivity contribution >= 4 is 21.9 Å². The highest BCUT2D eigenvalue weighted by Crippen LogP contribution is 2.34. The molecule has 0 heterocycles. The number of hydrogen-bond donors (Lipinski definition) is 3. The van der Waals surface area contributed by atoms with Gasteiger partial charge >= 0.3 is 5.97 Å². The molecular weight excluding hydrogens is 286 g/mol. The van der Waals surface area contributed by atoms with Crippen molar-refractivity contribution in [2.45, 2.75) is 32.2 Å². The van der Waals surface area contributed by atoms with E-state index in [1.807, 2.05) is 13.8 Å². The Morgan fingerprint density at radius 1 is 1.41 bits per heavy atom. The molecule has 0 aromatic heterocycles. The minimum Gasteiger partial charge on any atom is -0.508 e. The van der Waals surface area contributed by atoms with Crippen molar-refractivity contribution in [1.29, 1.82) is 0 Å². The summed E-state index contributed by atoms with van der Waals surface area (Å²) in [4.78, 5) is 10.6. The lowest BCUT2D eigenvalue weighted by Crippen LogP contribution is -2.15. The highest BCUT2D eigenvalue weighted by Gasteiger charge is 2.17. The number of phenolic OH excluding ortho intramolecular Hbond substituents is 1. The topological polar surface area (TPSA) is 83.5 Å². The van der Waals surface area contributed by atoms with Gasteiger partial charge in [0.1, 0.15) is 5.75 Å². The number of hydrogen-bond acceptors (Lipinski definition) is 3. The van der Waals surface area contributed by atoms with E-state index in [9.17, 15) is 9.90 Å². The average Bonchev–Trinajstić information content (AvgIpc) is 2.19. The lowest BCUT2D eigenvalue weighted by molar-refractivity contribution is -0.137. The average molecular weight is 302 g/mol. The molecule has 1 atom stereocenters. The Labute approximate surface area is 109 Å². The zero-order valence-corrected chi connectivity index (χ0v) is 11.4. The van der Waals surface area contributed by atoms with Crippen LogP contribution in [0.5, 0.6) is 5.75 Å². The fraction of sp³-hybridized carbons (Fsp3) is 0.417. The van der Waals surface area contributed by atoms with Crippen LogP contribution in [-0.4, -0.2) is 16.2 Å². The van der Waals surface area contributed by atoms with Crippen molar-refractivity contribution in [2.24, 2.45) is 5.73 Å². The minimum atomic E-state index is -0.985. The lowest BCUT2D eigenvalue weighted by Gasteiger charge is -2.16. The lowest BCUT2D eigenvalue weighted by atomic mass is 9.97. The van der Waals surface area contributed by atoms with Gasteiger partial charge in [0, 0.05) is 16.1 Å². The molecular formula is C12H16BrNO3. The quantitative estimate of drug-likeness (QED) is 0.798. The summed E-state index contributed by atoms with van der Waals surface area (Å²) in [6, 6.07) is 2.62. The van der Waals surface area contributed by atoms with Gasteiger partial charge in [-0.05, 0) is 23.6 Å². The van der Waals surface area contributed by atoms with Crippen LogP contribution in [-0.2, 0) is 4.79 Å². The molecule has 0 aliphatic rings. The Hall–Kier alpha value is -1.07. The number of nitrogens with two attached hydrogens (primary N) is 1. The first-order chi connectivity index (χ1) is 7.82. The van der Waals surface area contributed by atoms with Gasteiger partial charge in [0.2, 0.25) is 0 Å². The molecule has 94 valence electrons. The fourth-order valence-corrected chi connectivity index (χ4v) is 2.45. The summed E-state index contributed by atoms with van der Waals surface area (Å²) in [7, 11) is 0. The second kappa shape index (κ2) is 5.51. The van der Waals surface area contributed by atoms with Gasteiger partial charge in [0.15, 0.2) is 0 Å². The number of phenols is 1. The van der Waals surface area contributed by atoms with Crippen LogP contribution in [0, 0.1) is 0 Å². The van der Waals surface area contributed by atoms with E-state index in [0.717, 1.165) is 10.0 Å². The largest absolute Gasteiger partial charge is 0.508 e. The Bertz CT molecular complexity index is 432. The normalized spacial score (nSPS) is 12.8. The SMILES string of the molecule is CC(C)c1cc(O)c(C(N)CC(=O)O)cc1Br. The number of aliphatic carboxylic acids is 1. The van der Waals surface area contributed by atoms with E-state index in [1.54, 1.807) is 12.1 Å². The van der Waals surface area contributed by atoms with E-state index >= 15 is 0 Å². The molecule has 0 saturated carbocycles. The van der Waals surface area contributed by atoms with E-state index in [1.165, 1.54) is 0 Å². The van der Waals surface area contributed by atoms with Crippen molar-refractivity contribution < 1.29 is 15.0 Å². The zero-order chi connectivity index (χ0) is 13.2. The molecule has 0 saturated heterocycles. The van der Waals surface area contributed by atoms with Crippen LogP contribution >= 0.6 is 15.9 Å². The van der Waals surface area contributed by atoms with Gasteiger partial charge in [-0.1, -0.05) is 29.8 Å². The second-order valence-electron chi connectivity index (χ2n) is 4.29. The maximum absolute atomic E-state index is 10.6. The first-order valence-electron chi connectivity index (χ1n) is 5.32. The Morgan fingerprint density at radius 3 is 2.47 bits per heavy atom. The highest BCUT2D eigenvalue weighted by atomic mass is 79.9. The maximum Gasteiger partial charge on any atom is 0.305 e. The molecule has 1 rings (SSSR count). The summed E-state index contributed by atoms with van der Waals surface area (Å²) in [6.45, 7) is 4.02. The van der Waals surface area contributed by atoms with Gasteiger partial charge in [-0.3, -0.25) is 4.79 Å². The molecule has 5 heteroatoms. The highest BCUT2D eigenvalue weighted by molar-refractivity contribution is 9.10. The monoisotopic (exact) mass is 301 g/mol. The van der Waals surface area contributed by atoms with Crippen molar-refractivity contribution in [3.8, 4) is 5.75 Å². The first kappa shape index (κ1) is 14.0. The van der Waals surface area contributed by atoms with Gasteiger partial charge in [0.05, 0.1) is 6.42 Å². The molecule has 0 fully saturated rings. The first-order valence-corrected chi connectivity index (χ1v) is 6.12. The molecule has 1 aromatic rings. The molecule has 1 unspecified atom stereocenters. The fourth-order valence-electron chi connectivity index (χ4n) is 1.63. The minimum absolute atomic E-state index is 0.0469. The zero-order valence-electron chi connectivity index (χ0n) is 9.77. The van der Waals surface area contributed by atoms with E-state index in [-0.39, 0.29) is 18.1 Å². The summed E-state index contributed by atoms with van der Waals surface area (Å²) >= 11 is 3.40. The predicted molar refractivity (Wildman–Crippen MR) is 69.1 cm³/mol. The summed E-state index contributed by atoms with van der Waals surface area (Å²) in [5.41, 5.74) is 7.14. The molecule has 4 nitrogen and oxygen atoms in total. The Kier molecular flexibility index (Phi) is 4.54. The van der Waals surface area contributed by atoms with Crippen molar-refractivity contribution in [1.82, 2.24) is 0 Å². The van der Waals surface area contributed by atoms with Crippen molar-refractivity contribution in [3.63, 3.8) is 0 Å². The van der Waals surface area contributed by atoms with Crippen molar-refractivity contribution in [2.75, 3.05) is 0 Å². The summed E-state index contributed by atoms with van der Waals surface area (Å²) < 4.78 is 0.834. The molecule has 0 amide bonds. The number of carboxylic acid groups (broad SMARTS) is 1. The van der Waals surface area contributed by atoms with E-state index in [2.05, 4.69) is 15.9 Å². The van der Waals surface area contributed by atoms with Crippen LogP contribution in [0.1, 0.15) is 43.4 Å². The van der Waals surface area contributed by atoms with Crippen LogP contribution in [0.25, 0.3) is 0 Å². The Balaban J connectivity index is 3.11. The number of rotatable bonds is 4. The van der Waals surface area contributed by atoms with Gasteiger partial charge in [0.25, 0.3) is 0 Å². The number of aromatic hydroxyl groups is 1. The third-order valence-corrected chi connectivity index (χ3v) is 3.25. The van der Waals surface area contributed by atoms with Gasteiger partial charge in [-0.2, -0.15) is 0 Å². The number of benzene rings is 1. The standard InChI is InChI=1S/C12H16BrNO3/c1-6(2)7-4-11(15)8(3-9(7)13)10(14)5-12(16)17/h3-4,6,10,15H,5,14H2,1-2H3,(H,16,17). The molecule has 0 bridgehead atoms. The van der Waals surface area contributed by atoms with Gasteiger partial charge in [-0.25, -0.2) is 0 Å². The Morgan fingerprint density at radius 2 is 2.00 bits per heavy atom. The van der Waals surface area contributed by atoms with Crippen molar-refractivity contribution in [3.05, 3.63) is 27.7 Å². The van der Waals surface area contributed by atoms with Gasteiger partial charge in [-0.15, -0.1) is 0 Å². The van der Waals surface area contributed by atoms with Crippen LogP contribution in [0.15, 0.2) is 16.6 Å². The molecule has 0 aliphatic carbocycles. The molecule has 0 aliphatic heterocycles. The summed E-state index contributed by atoms with van der Waals surface area (Å²) in [6.07, 6.45) is -0.207. The summed E-state index contributed by atoms with van der Waals surface area (Å²) in [5, 5.41) is 18.5.